The minimum Gasteiger partial charge on any atom is -0.366 e. The first kappa shape index (κ1) is 13.7. The van der Waals surface area contributed by atoms with Crippen LogP contribution in [0.4, 0.5) is 11.5 Å². The average molecular weight is 264 g/mol. The zero-order valence-corrected chi connectivity index (χ0v) is 11.6. The topological polar surface area (TPSA) is 71.3 Å². The first-order valence-electron chi connectivity index (χ1n) is 6.59. The molecule has 0 aromatic carbocycles. The fourth-order valence-corrected chi connectivity index (χ4v) is 2.40. The van der Waals surface area contributed by atoms with E-state index in [0.29, 0.717) is 17.6 Å². The Bertz CT molecular complexity index is 476. The third kappa shape index (κ3) is 3.20. The molecule has 1 aliphatic heterocycles. The fourth-order valence-electron chi connectivity index (χ4n) is 2.40. The number of anilines is 1. The Labute approximate surface area is 113 Å². The predicted octanol–water partition coefficient (Wildman–Crippen LogP) is 2.19. The largest absolute Gasteiger partial charge is 0.366 e. The molecule has 0 spiro atoms. The third-order valence-corrected chi connectivity index (χ3v) is 3.58. The van der Waals surface area contributed by atoms with Crippen LogP contribution in [0.5, 0.6) is 0 Å². The number of hydrogen-bond acceptors (Lipinski definition) is 5. The molecular weight excluding hydrogens is 244 g/mol. The van der Waals surface area contributed by atoms with Gasteiger partial charge in [-0.25, -0.2) is 4.98 Å². The van der Waals surface area contributed by atoms with E-state index in [-0.39, 0.29) is 5.69 Å². The van der Waals surface area contributed by atoms with E-state index < -0.39 is 4.92 Å². The summed E-state index contributed by atoms with van der Waals surface area (Å²) in [6.07, 6.45) is 2.41. The molecule has 1 N–H and O–H groups in total. The Kier molecular flexibility index (Phi) is 3.99. The highest BCUT2D eigenvalue weighted by molar-refractivity contribution is 5.47. The van der Waals surface area contributed by atoms with E-state index in [1.807, 2.05) is 0 Å². The average Bonchev–Trinajstić information content (AvgIpc) is 2.77. The maximum absolute atomic E-state index is 10.7. The van der Waals surface area contributed by atoms with Crippen LogP contribution in [-0.2, 0) is 0 Å². The monoisotopic (exact) mass is 264 g/mol. The number of hydrogen-bond donors (Lipinski definition) is 1. The van der Waals surface area contributed by atoms with Crippen LogP contribution in [0, 0.1) is 17.0 Å². The molecular formula is C13H20N4O2. The lowest BCUT2D eigenvalue weighted by atomic mass is 10.2. The maximum atomic E-state index is 10.7. The van der Waals surface area contributed by atoms with E-state index in [4.69, 9.17) is 0 Å². The Morgan fingerprint density at radius 3 is 2.84 bits per heavy atom. The summed E-state index contributed by atoms with van der Waals surface area (Å²) < 4.78 is 0. The van der Waals surface area contributed by atoms with Crippen molar-refractivity contribution < 1.29 is 4.92 Å². The summed E-state index contributed by atoms with van der Waals surface area (Å²) in [4.78, 5) is 16.9. The number of likely N-dealkylation sites (tertiary alicyclic amines) is 1. The lowest BCUT2D eigenvalue weighted by molar-refractivity contribution is -0.385. The van der Waals surface area contributed by atoms with Gasteiger partial charge in [0.05, 0.1) is 4.92 Å². The molecule has 19 heavy (non-hydrogen) atoms. The Morgan fingerprint density at radius 1 is 1.58 bits per heavy atom. The second kappa shape index (κ2) is 5.52. The second-order valence-corrected chi connectivity index (χ2v) is 5.33. The highest BCUT2D eigenvalue weighted by atomic mass is 16.6. The highest BCUT2D eigenvalue weighted by Gasteiger charge is 2.24. The van der Waals surface area contributed by atoms with Crippen molar-refractivity contribution in [2.45, 2.75) is 39.3 Å². The van der Waals surface area contributed by atoms with Crippen LogP contribution in [0.1, 0.15) is 25.8 Å². The fraction of sp³-hybridized carbons (Fsp3) is 0.615. The summed E-state index contributed by atoms with van der Waals surface area (Å²) in [6.45, 7) is 8.20. The summed E-state index contributed by atoms with van der Waals surface area (Å²) in [7, 11) is 0. The zero-order valence-electron chi connectivity index (χ0n) is 11.6. The van der Waals surface area contributed by atoms with Gasteiger partial charge in [-0.3, -0.25) is 15.0 Å². The molecule has 104 valence electrons. The van der Waals surface area contributed by atoms with Gasteiger partial charge in [0.2, 0.25) is 0 Å². The molecule has 1 fully saturated rings. The van der Waals surface area contributed by atoms with Crippen molar-refractivity contribution in [1.82, 2.24) is 9.88 Å². The van der Waals surface area contributed by atoms with Gasteiger partial charge in [-0.05, 0) is 33.3 Å². The van der Waals surface area contributed by atoms with Crippen LogP contribution in [0.15, 0.2) is 12.3 Å². The lowest BCUT2D eigenvalue weighted by Crippen LogP contribution is -2.31. The van der Waals surface area contributed by atoms with Gasteiger partial charge in [-0.1, -0.05) is 0 Å². The number of nitrogens with one attached hydrogen (secondary N) is 1. The van der Waals surface area contributed by atoms with Gasteiger partial charge in [0.25, 0.3) is 5.69 Å². The molecule has 0 aliphatic carbocycles. The molecule has 6 heteroatoms. The van der Waals surface area contributed by atoms with Crippen molar-refractivity contribution in [2.75, 3.05) is 18.4 Å². The summed E-state index contributed by atoms with van der Waals surface area (Å²) in [5, 5.41) is 14.1. The van der Waals surface area contributed by atoms with Crippen molar-refractivity contribution in [3.8, 4) is 0 Å². The van der Waals surface area contributed by atoms with Gasteiger partial charge in [-0.2, -0.15) is 0 Å². The SMILES string of the molecule is Cc1cc(NC2CCN(C(C)C)C2)ncc1[N+](=O)[O-]. The second-order valence-electron chi connectivity index (χ2n) is 5.33. The van der Waals surface area contributed by atoms with Crippen LogP contribution in [0.2, 0.25) is 0 Å². The molecule has 1 atom stereocenters. The van der Waals surface area contributed by atoms with E-state index in [9.17, 15) is 10.1 Å². The summed E-state index contributed by atoms with van der Waals surface area (Å²) in [5.74, 6) is 0.721. The standard InChI is InChI=1S/C13H20N4O2/c1-9(2)16-5-4-11(8-16)15-13-6-10(3)12(7-14-13)17(18)19/h6-7,9,11H,4-5,8H2,1-3H3,(H,14,15). The van der Waals surface area contributed by atoms with E-state index in [1.54, 1.807) is 13.0 Å². The Morgan fingerprint density at radius 2 is 2.32 bits per heavy atom. The minimum absolute atomic E-state index is 0.0702. The summed E-state index contributed by atoms with van der Waals surface area (Å²) >= 11 is 0. The number of nitrogens with zero attached hydrogens (tertiary/aromatic N) is 3. The van der Waals surface area contributed by atoms with E-state index in [1.165, 1.54) is 6.20 Å². The molecule has 0 amide bonds. The summed E-state index contributed by atoms with van der Waals surface area (Å²) in [6, 6.07) is 2.67. The van der Waals surface area contributed by atoms with Gasteiger partial charge >= 0.3 is 0 Å². The number of aromatic nitrogens is 1. The summed E-state index contributed by atoms with van der Waals surface area (Å²) in [5.41, 5.74) is 0.710. The van der Waals surface area contributed by atoms with E-state index in [0.717, 1.165) is 25.3 Å². The van der Waals surface area contributed by atoms with Crippen LogP contribution in [0.25, 0.3) is 0 Å². The van der Waals surface area contributed by atoms with E-state index >= 15 is 0 Å². The third-order valence-electron chi connectivity index (χ3n) is 3.58. The molecule has 1 aromatic heterocycles. The van der Waals surface area contributed by atoms with Crippen LogP contribution >= 0.6 is 0 Å². The number of nitro groups is 1. The van der Waals surface area contributed by atoms with Crippen molar-refractivity contribution in [3.05, 3.63) is 27.9 Å². The normalized spacial score (nSPS) is 19.9. The van der Waals surface area contributed by atoms with Crippen molar-refractivity contribution in [1.29, 1.82) is 0 Å². The maximum Gasteiger partial charge on any atom is 0.290 e. The number of rotatable bonds is 4. The molecule has 2 heterocycles. The minimum atomic E-state index is -0.401. The molecule has 0 radical (unpaired) electrons. The molecule has 0 saturated carbocycles. The van der Waals surface area contributed by atoms with Gasteiger partial charge in [0.1, 0.15) is 12.0 Å². The van der Waals surface area contributed by atoms with Crippen molar-refractivity contribution in [3.63, 3.8) is 0 Å². The van der Waals surface area contributed by atoms with Crippen LogP contribution in [0.3, 0.4) is 0 Å². The van der Waals surface area contributed by atoms with Crippen LogP contribution < -0.4 is 5.32 Å². The Hall–Kier alpha value is -1.69. The first-order valence-corrected chi connectivity index (χ1v) is 6.59. The zero-order chi connectivity index (χ0) is 14.0. The molecule has 1 saturated heterocycles. The molecule has 2 rings (SSSR count). The number of pyridine rings is 1. The van der Waals surface area contributed by atoms with Gasteiger partial charge in [-0.15, -0.1) is 0 Å². The van der Waals surface area contributed by atoms with Gasteiger partial charge < -0.3 is 5.32 Å². The predicted molar refractivity (Wildman–Crippen MR) is 74.4 cm³/mol. The van der Waals surface area contributed by atoms with Crippen molar-refractivity contribution in [2.24, 2.45) is 0 Å². The quantitative estimate of drug-likeness (QED) is 0.666. The highest BCUT2D eigenvalue weighted by Crippen LogP contribution is 2.21. The van der Waals surface area contributed by atoms with Gasteiger partial charge in [0, 0.05) is 30.7 Å². The Balaban J connectivity index is 2.01. The van der Waals surface area contributed by atoms with Crippen LogP contribution in [-0.4, -0.2) is 40.0 Å². The smallest absolute Gasteiger partial charge is 0.290 e. The van der Waals surface area contributed by atoms with Gasteiger partial charge in [0.15, 0.2) is 0 Å². The molecule has 6 nitrogen and oxygen atoms in total. The molecule has 1 aliphatic rings. The lowest BCUT2D eigenvalue weighted by Gasteiger charge is -2.20. The first-order chi connectivity index (χ1) is 8.97. The molecule has 1 aromatic rings. The van der Waals surface area contributed by atoms with E-state index in [2.05, 4.69) is 29.0 Å². The van der Waals surface area contributed by atoms with Crippen molar-refractivity contribution >= 4 is 11.5 Å². The molecule has 0 bridgehead atoms. The molecule has 1 unspecified atom stereocenters. The number of aryl methyl sites for hydroxylation is 1.